The maximum Gasteiger partial charge on any atom is 0.417 e. The van der Waals surface area contributed by atoms with Crippen molar-refractivity contribution in [2.75, 3.05) is 23.7 Å². The molecule has 11 heteroatoms. The molecule has 4 heterocycles. The predicted molar refractivity (Wildman–Crippen MR) is 148 cm³/mol. The van der Waals surface area contributed by atoms with Crippen LogP contribution < -0.4 is 15.9 Å². The van der Waals surface area contributed by atoms with Crippen LogP contribution in [0.25, 0.3) is 22.0 Å². The Balaban J connectivity index is 1.68. The third-order valence-electron chi connectivity index (χ3n) is 7.34. The van der Waals surface area contributed by atoms with Gasteiger partial charge >= 0.3 is 11.9 Å². The molecule has 0 aliphatic carbocycles. The fraction of sp³-hybridized carbons (Fsp3) is 0.357. The number of thiophene rings is 1. The minimum atomic E-state index is -4.68. The summed E-state index contributed by atoms with van der Waals surface area (Å²) in [6.45, 7) is 5.33. The van der Waals surface area contributed by atoms with Crippen LogP contribution in [-0.4, -0.2) is 40.5 Å². The number of aromatic nitrogens is 2. The van der Waals surface area contributed by atoms with Crippen LogP contribution in [0.2, 0.25) is 0 Å². The molecule has 6 rings (SSSR count). The van der Waals surface area contributed by atoms with E-state index in [2.05, 4.69) is 10.3 Å². The summed E-state index contributed by atoms with van der Waals surface area (Å²) in [4.78, 5) is 20.4. The minimum Gasteiger partial charge on any atom is -0.353 e. The monoisotopic (exact) mass is 574 g/mol. The van der Waals surface area contributed by atoms with Crippen molar-refractivity contribution in [3.8, 4) is 11.1 Å². The molecule has 0 amide bonds. The van der Waals surface area contributed by atoms with E-state index in [1.807, 2.05) is 35.6 Å². The maximum absolute atomic E-state index is 14.8. The van der Waals surface area contributed by atoms with Crippen molar-refractivity contribution in [2.45, 2.75) is 49.5 Å². The average Bonchev–Trinajstić information content (AvgIpc) is 3.33. The molecule has 1 saturated heterocycles. The Morgan fingerprint density at radius 2 is 1.77 bits per heavy atom. The third kappa shape index (κ3) is 4.85. The molecule has 204 valence electrons. The number of thioether (sulfide) groups is 1. The summed E-state index contributed by atoms with van der Waals surface area (Å²) < 4.78 is 59.6. The van der Waals surface area contributed by atoms with E-state index in [0.29, 0.717) is 41.2 Å². The lowest BCUT2D eigenvalue weighted by molar-refractivity contribution is -0.137. The van der Waals surface area contributed by atoms with Crippen LogP contribution >= 0.6 is 23.1 Å². The van der Waals surface area contributed by atoms with E-state index < -0.39 is 23.2 Å². The summed E-state index contributed by atoms with van der Waals surface area (Å²) in [6, 6.07) is 8.33. The molecule has 5 nitrogen and oxygen atoms in total. The average molecular weight is 575 g/mol. The summed E-state index contributed by atoms with van der Waals surface area (Å²) >= 11 is 2.86. The molecule has 0 radical (unpaired) electrons. The molecule has 2 aliphatic rings. The summed E-state index contributed by atoms with van der Waals surface area (Å²) in [6.07, 6.45) is -4.68. The number of hydrogen-bond donors (Lipinski definition) is 1. The van der Waals surface area contributed by atoms with E-state index >= 15 is 0 Å². The lowest BCUT2D eigenvalue weighted by Crippen LogP contribution is -2.55. The van der Waals surface area contributed by atoms with Crippen molar-refractivity contribution in [3.05, 3.63) is 74.6 Å². The van der Waals surface area contributed by atoms with Gasteiger partial charge in [-0.15, -0.1) is 11.8 Å². The second kappa shape index (κ2) is 9.94. The Morgan fingerprint density at radius 3 is 2.41 bits per heavy atom. The summed E-state index contributed by atoms with van der Waals surface area (Å²) in [5, 5.41) is 7.70. The number of piperazine rings is 1. The van der Waals surface area contributed by atoms with E-state index in [0.717, 1.165) is 23.8 Å². The Bertz CT molecular complexity index is 1570. The molecule has 2 aliphatic heterocycles. The first-order valence-corrected chi connectivity index (χ1v) is 14.6. The van der Waals surface area contributed by atoms with Crippen LogP contribution in [0.1, 0.15) is 30.9 Å². The van der Waals surface area contributed by atoms with Crippen LogP contribution in [-0.2, 0) is 12.7 Å². The molecule has 1 fully saturated rings. The minimum absolute atomic E-state index is 0.0293. The molecular weight excluding hydrogens is 548 g/mol. The van der Waals surface area contributed by atoms with Crippen LogP contribution in [0.4, 0.5) is 23.4 Å². The fourth-order valence-corrected chi connectivity index (χ4v) is 7.87. The van der Waals surface area contributed by atoms with Gasteiger partial charge in [0, 0.05) is 59.2 Å². The van der Waals surface area contributed by atoms with Crippen molar-refractivity contribution < 1.29 is 17.6 Å². The smallest absolute Gasteiger partial charge is 0.353 e. The van der Waals surface area contributed by atoms with Crippen molar-refractivity contribution >= 4 is 39.8 Å². The van der Waals surface area contributed by atoms with Crippen LogP contribution in [0.3, 0.4) is 0 Å². The zero-order valence-corrected chi connectivity index (χ0v) is 22.9. The number of alkyl halides is 3. The number of nitrogens with zero attached hydrogens (tertiary/aromatic N) is 3. The molecule has 3 atom stereocenters. The lowest BCUT2D eigenvalue weighted by Gasteiger charge is -2.37. The van der Waals surface area contributed by atoms with Gasteiger partial charge in [0.1, 0.15) is 11.6 Å². The van der Waals surface area contributed by atoms with Gasteiger partial charge in [0.2, 0.25) is 0 Å². The molecule has 2 aromatic heterocycles. The van der Waals surface area contributed by atoms with Gasteiger partial charge in [-0.3, -0.25) is 4.57 Å². The van der Waals surface area contributed by atoms with Crippen LogP contribution in [0, 0.1) is 5.82 Å². The molecule has 0 saturated carbocycles. The zero-order chi connectivity index (χ0) is 27.5. The number of halogens is 4. The topological polar surface area (TPSA) is 50.2 Å². The molecule has 0 spiro atoms. The van der Waals surface area contributed by atoms with Crippen molar-refractivity contribution in [1.29, 1.82) is 0 Å². The van der Waals surface area contributed by atoms with E-state index in [9.17, 15) is 22.4 Å². The van der Waals surface area contributed by atoms with Gasteiger partial charge in [-0.25, -0.2) is 9.18 Å². The van der Waals surface area contributed by atoms with Crippen molar-refractivity contribution in [2.24, 2.45) is 0 Å². The van der Waals surface area contributed by atoms with Gasteiger partial charge in [0.25, 0.3) is 0 Å². The van der Waals surface area contributed by atoms with E-state index in [-0.39, 0.29) is 34.9 Å². The van der Waals surface area contributed by atoms with Gasteiger partial charge in [0.05, 0.1) is 11.1 Å². The highest BCUT2D eigenvalue weighted by Gasteiger charge is 2.39. The van der Waals surface area contributed by atoms with Gasteiger partial charge < -0.3 is 10.2 Å². The molecule has 1 unspecified atom stereocenters. The highest BCUT2D eigenvalue weighted by molar-refractivity contribution is 7.99. The van der Waals surface area contributed by atoms with Gasteiger partial charge in [-0.05, 0) is 60.0 Å². The summed E-state index contributed by atoms with van der Waals surface area (Å²) in [5.74, 6) is 0.143. The zero-order valence-electron chi connectivity index (χ0n) is 21.3. The van der Waals surface area contributed by atoms with Gasteiger partial charge in [0.15, 0.2) is 0 Å². The SMILES string of the molecule is C[C@@H]1CN(c2nc(=O)n3c4c(c(-c5ccc(F)cc5)c(C(F)(F)F)cc24)SCC(c2ccsc2)C3)C[C@H](C)N1. The fourth-order valence-electron chi connectivity index (χ4n) is 5.74. The van der Waals surface area contributed by atoms with Crippen molar-refractivity contribution in [1.82, 2.24) is 14.9 Å². The molecule has 39 heavy (non-hydrogen) atoms. The first-order chi connectivity index (χ1) is 18.6. The van der Waals surface area contributed by atoms with E-state index in [4.69, 9.17) is 0 Å². The number of anilines is 1. The van der Waals surface area contributed by atoms with E-state index in [1.54, 1.807) is 15.9 Å². The summed E-state index contributed by atoms with van der Waals surface area (Å²) in [5.41, 5.74) is 0.419. The normalized spacial score (nSPS) is 21.8. The van der Waals surface area contributed by atoms with Crippen molar-refractivity contribution in [3.63, 3.8) is 0 Å². The number of benzene rings is 2. The third-order valence-corrected chi connectivity index (χ3v) is 9.30. The van der Waals surface area contributed by atoms with Crippen LogP contribution in [0.15, 0.2) is 56.8 Å². The first-order valence-electron chi connectivity index (χ1n) is 12.7. The standard InChI is InChI=1S/C28H26F4N4OS2/c1-15-10-35(11-16(2)33-15)26-21-9-22(28(30,31)32)23(17-3-5-20(29)6-4-17)25-24(21)36(27(37)34-26)12-19(14-39-25)18-7-8-38-13-18/h3-9,13,15-16,19,33H,10-12,14H2,1-2H3/t15-,16+,19?. The number of hydrogen-bond acceptors (Lipinski definition) is 6. The molecular formula is C28H26F4N4OS2. The number of nitrogens with one attached hydrogen (secondary N) is 1. The Morgan fingerprint density at radius 1 is 1.05 bits per heavy atom. The second-order valence-electron chi connectivity index (χ2n) is 10.3. The van der Waals surface area contributed by atoms with E-state index in [1.165, 1.54) is 23.9 Å². The molecule has 2 aromatic carbocycles. The Hall–Kier alpha value is -2.89. The largest absolute Gasteiger partial charge is 0.417 e. The molecule has 0 bridgehead atoms. The Kier molecular flexibility index (Phi) is 6.71. The first kappa shape index (κ1) is 26.3. The lowest BCUT2D eigenvalue weighted by atomic mass is 9.96. The molecule has 1 N–H and O–H groups in total. The maximum atomic E-state index is 14.8. The quantitative estimate of drug-likeness (QED) is 0.289. The highest BCUT2D eigenvalue weighted by Crippen LogP contribution is 2.49. The molecule has 4 aromatic rings. The van der Waals surface area contributed by atoms with Crippen LogP contribution in [0.5, 0.6) is 0 Å². The van der Waals surface area contributed by atoms with Gasteiger partial charge in [-0.1, -0.05) is 12.1 Å². The predicted octanol–water partition coefficient (Wildman–Crippen LogP) is 6.36. The summed E-state index contributed by atoms with van der Waals surface area (Å²) in [7, 11) is 0. The highest BCUT2D eigenvalue weighted by atomic mass is 32.2. The Labute approximate surface area is 230 Å². The van der Waals surface area contributed by atoms with Gasteiger partial charge in [-0.2, -0.15) is 29.5 Å². The number of rotatable bonds is 3. The second-order valence-corrected chi connectivity index (χ2v) is 12.1.